The second-order valence-electron chi connectivity index (χ2n) is 5.72. The average Bonchev–Trinajstić information content (AvgIpc) is 2.44. The Morgan fingerprint density at radius 2 is 1.90 bits per heavy atom. The van der Waals surface area contributed by atoms with Crippen molar-refractivity contribution in [3.8, 4) is 0 Å². The number of carbonyl (C=O) groups excluding carboxylic acids is 1. The number of nitrogens with two attached hydrogens (primary N) is 1. The van der Waals surface area contributed by atoms with E-state index >= 15 is 0 Å². The molecule has 5 heteroatoms. The van der Waals surface area contributed by atoms with Gasteiger partial charge in [0.15, 0.2) is 5.84 Å². The van der Waals surface area contributed by atoms with E-state index in [0.29, 0.717) is 23.0 Å². The zero-order valence-electron chi connectivity index (χ0n) is 11.9. The Hall–Kier alpha value is -2.04. The maximum Gasteiger partial charge on any atom is 0.253 e. The van der Waals surface area contributed by atoms with E-state index in [1.54, 1.807) is 24.3 Å². The van der Waals surface area contributed by atoms with E-state index in [-0.39, 0.29) is 11.7 Å². The Morgan fingerprint density at radius 1 is 1.30 bits per heavy atom. The summed E-state index contributed by atoms with van der Waals surface area (Å²) in [7, 11) is 0. The van der Waals surface area contributed by atoms with Gasteiger partial charge in [-0.1, -0.05) is 31.1 Å². The van der Waals surface area contributed by atoms with E-state index in [2.05, 4.69) is 19.0 Å². The molecule has 108 valence electrons. The van der Waals surface area contributed by atoms with E-state index in [9.17, 15) is 4.79 Å². The lowest BCUT2D eigenvalue weighted by Gasteiger charge is -2.35. The summed E-state index contributed by atoms with van der Waals surface area (Å²) >= 11 is 0. The molecule has 1 aromatic rings. The largest absolute Gasteiger partial charge is 0.409 e. The molecule has 0 saturated carbocycles. The van der Waals surface area contributed by atoms with Crippen LogP contribution in [-0.2, 0) is 0 Å². The van der Waals surface area contributed by atoms with Crippen LogP contribution < -0.4 is 5.73 Å². The Balaban J connectivity index is 2.20. The molecule has 1 aromatic carbocycles. The Morgan fingerprint density at radius 3 is 2.50 bits per heavy atom. The first-order valence-electron chi connectivity index (χ1n) is 6.88. The smallest absolute Gasteiger partial charge is 0.253 e. The molecule has 2 atom stereocenters. The number of likely N-dealkylation sites (tertiary alicyclic amines) is 1. The molecule has 2 unspecified atom stereocenters. The summed E-state index contributed by atoms with van der Waals surface area (Å²) in [5, 5.41) is 11.7. The van der Waals surface area contributed by atoms with Crippen LogP contribution in [0.25, 0.3) is 0 Å². The van der Waals surface area contributed by atoms with Crippen molar-refractivity contribution in [1.29, 1.82) is 0 Å². The van der Waals surface area contributed by atoms with Crippen LogP contribution in [0.3, 0.4) is 0 Å². The minimum absolute atomic E-state index is 0.0102. The normalized spacial score (nSPS) is 23.7. The van der Waals surface area contributed by atoms with Gasteiger partial charge in [-0.25, -0.2) is 0 Å². The summed E-state index contributed by atoms with van der Waals surface area (Å²) in [6, 6.07) is 6.90. The number of amides is 1. The number of rotatable bonds is 2. The molecule has 3 N–H and O–H groups in total. The van der Waals surface area contributed by atoms with Crippen molar-refractivity contribution < 1.29 is 10.0 Å². The summed E-state index contributed by atoms with van der Waals surface area (Å²) in [6.45, 7) is 5.92. The highest BCUT2D eigenvalue weighted by molar-refractivity contribution is 6.01. The highest BCUT2D eigenvalue weighted by Crippen LogP contribution is 2.22. The molecule has 0 aliphatic carbocycles. The predicted octanol–water partition coefficient (Wildman–Crippen LogP) is 1.90. The van der Waals surface area contributed by atoms with Crippen LogP contribution >= 0.6 is 0 Å². The number of hydrogen-bond acceptors (Lipinski definition) is 3. The topological polar surface area (TPSA) is 78.9 Å². The SMILES string of the molecule is CC1CC(C)CN(C(=O)c2cccc(/C(N)=N/O)c2)C1. The standard InChI is InChI=1S/C15H21N3O2/c1-10-6-11(2)9-18(8-10)15(19)13-5-3-4-12(7-13)14(16)17-20/h3-5,7,10-11,20H,6,8-9H2,1-2H3,(H2,16,17). The van der Waals surface area contributed by atoms with Crippen molar-refractivity contribution in [2.75, 3.05) is 13.1 Å². The van der Waals surface area contributed by atoms with Gasteiger partial charge in [0.25, 0.3) is 5.91 Å². The van der Waals surface area contributed by atoms with Crippen LogP contribution in [0.15, 0.2) is 29.4 Å². The molecule has 0 radical (unpaired) electrons. The van der Waals surface area contributed by atoms with Crippen LogP contribution in [-0.4, -0.2) is 34.9 Å². The van der Waals surface area contributed by atoms with Gasteiger partial charge in [0.05, 0.1) is 0 Å². The number of carbonyl (C=O) groups is 1. The van der Waals surface area contributed by atoms with Gasteiger partial charge in [-0.3, -0.25) is 4.79 Å². The molecular formula is C15H21N3O2. The second kappa shape index (κ2) is 5.94. The summed E-state index contributed by atoms with van der Waals surface area (Å²) in [6.07, 6.45) is 1.16. The van der Waals surface area contributed by atoms with Gasteiger partial charge in [-0.05, 0) is 30.4 Å². The van der Waals surface area contributed by atoms with Crippen molar-refractivity contribution in [2.45, 2.75) is 20.3 Å². The summed E-state index contributed by atoms with van der Waals surface area (Å²) in [5.41, 5.74) is 6.69. The van der Waals surface area contributed by atoms with Crippen LogP contribution in [0, 0.1) is 11.8 Å². The molecule has 0 aromatic heterocycles. The minimum atomic E-state index is 0.0102. The molecule has 2 rings (SSSR count). The highest BCUT2D eigenvalue weighted by Gasteiger charge is 2.26. The van der Waals surface area contributed by atoms with Gasteiger partial charge in [0.1, 0.15) is 0 Å². The van der Waals surface area contributed by atoms with Crippen molar-refractivity contribution in [3.63, 3.8) is 0 Å². The van der Waals surface area contributed by atoms with Crippen molar-refractivity contribution >= 4 is 11.7 Å². The minimum Gasteiger partial charge on any atom is -0.409 e. The van der Waals surface area contributed by atoms with Gasteiger partial charge in [0, 0.05) is 24.2 Å². The van der Waals surface area contributed by atoms with Crippen LogP contribution in [0.4, 0.5) is 0 Å². The Labute approximate surface area is 119 Å². The van der Waals surface area contributed by atoms with Crippen LogP contribution in [0.1, 0.15) is 36.2 Å². The van der Waals surface area contributed by atoms with E-state index in [1.165, 1.54) is 0 Å². The molecule has 1 aliphatic rings. The monoisotopic (exact) mass is 275 g/mol. The second-order valence-corrected chi connectivity index (χ2v) is 5.72. The van der Waals surface area contributed by atoms with E-state index in [1.807, 2.05) is 4.90 Å². The number of nitrogens with zero attached hydrogens (tertiary/aromatic N) is 2. The van der Waals surface area contributed by atoms with Gasteiger partial charge < -0.3 is 15.8 Å². The molecule has 0 bridgehead atoms. The Kier molecular flexibility index (Phi) is 4.27. The molecule has 0 spiro atoms. The molecule has 1 fully saturated rings. The zero-order valence-corrected chi connectivity index (χ0v) is 11.9. The van der Waals surface area contributed by atoms with Crippen LogP contribution in [0.5, 0.6) is 0 Å². The Bertz CT molecular complexity index is 518. The summed E-state index contributed by atoms with van der Waals surface area (Å²) in [5.74, 6) is 1.07. The third-order valence-corrected chi connectivity index (χ3v) is 3.67. The zero-order chi connectivity index (χ0) is 14.7. The molecule has 1 amide bonds. The number of benzene rings is 1. The fourth-order valence-electron chi connectivity index (χ4n) is 2.88. The van der Waals surface area contributed by atoms with Gasteiger partial charge >= 0.3 is 0 Å². The first-order valence-corrected chi connectivity index (χ1v) is 6.88. The third-order valence-electron chi connectivity index (χ3n) is 3.67. The number of amidine groups is 1. The lowest BCUT2D eigenvalue weighted by molar-refractivity contribution is 0.0623. The van der Waals surface area contributed by atoms with Crippen LogP contribution in [0.2, 0.25) is 0 Å². The molecular weight excluding hydrogens is 254 g/mol. The quantitative estimate of drug-likeness (QED) is 0.374. The van der Waals surface area contributed by atoms with Gasteiger partial charge in [-0.2, -0.15) is 0 Å². The number of piperidine rings is 1. The van der Waals surface area contributed by atoms with E-state index in [0.717, 1.165) is 19.5 Å². The summed E-state index contributed by atoms with van der Waals surface area (Å²) < 4.78 is 0. The first-order chi connectivity index (χ1) is 9.51. The molecule has 1 saturated heterocycles. The van der Waals surface area contributed by atoms with E-state index in [4.69, 9.17) is 10.9 Å². The van der Waals surface area contributed by atoms with Gasteiger partial charge in [-0.15, -0.1) is 0 Å². The number of hydrogen-bond donors (Lipinski definition) is 2. The maximum absolute atomic E-state index is 12.5. The lowest BCUT2D eigenvalue weighted by atomic mass is 9.91. The highest BCUT2D eigenvalue weighted by atomic mass is 16.4. The van der Waals surface area contributed by atoms with Crippen molar-refractivity contribution in [1.82, 2.24) is 4.90 Å². The predicted molar refractivity (Wildman–Crippen MR) is 77.8 cm³/mol. The number of oxime groups is 1. The molecule has 5 nitrogen and oxygen atoms in total. The van der Waals surface area contributed by atoms with Crippen molar-refractivity contribution in [3.05, 3.63) is 35.4 Å². The maximum atomic E-state index is 12.5. The van der Waals surface area contributed by atoms with Crippen molar-refractivity contribution in [2.24, 2.45) is 22.7 Å². The lowest BCUT2D eigenvalue weighted by Crippen LogP contribution is -2.42. The fraction of sp³-hybridized carbons (Fsp3) is 0.467. The molecule has 1 heterocycles. The average molecular weight is 275 g/mol. The third kappa shape index (κ3) is 3.10. The van der Waals surface area contributed by atoms with Gasteiger partial charge in [0.2, 0.25) is 0 Å². The van der Waals surface area contributed by atoms with E-state index < -0.39 is 0 Å². The fourth-order valence-corrected chi connectivity index (χ4v) is 2.88. The molecule has 20 heavy (non-hydrogen) atoms. The first kappa shape index (κ1) is 14.4. The summed E-state index contributed by atoms with van der Waals surface area (Å²) in [4.78, 5) is 14.4. The molecule has 1 aliphatic heterocycles.